The molecule has 4 nitrogen and oxygen atoms in total. The van der Waals surface area contributed by atoms with E-state index in [0.717, 1.165) is 16.8 Å². The molecule has 0 aliphatic rings. The third-order valence-corrected chi connectivity index (χ3v) is 13.2. The maximum atomic E-state index is 12.7. The fourth-order valence-electron chi connectivity index (χ4n) is 6.14. The minimum atomic E-state index is -3.22. The second-order valence-electron chi connectivity index (χ2n) is 12.7. The van der Waals surface area contributed by atoms with Crippen molar-refractivity contribution in [2.75, 3.05) is 6.61 Å². The Hall–Kier alpha value is -2.21. The van der Waals surface area contributed by atoms with Crippen LogP contribution in [0.2, 0.25) is 5.04 Å². The van der Waals surface area contributed by atoms with E-state index in [0.29, 0.717) is 12.3 Å². The Morgan fingerprint density at radius 2 is 1.34 bits per heavy atom. The lowest BCUT2D eigenvalue weighted by Crippen LogP contribution is -2.66. The van der Waals surface area contributed by atoms with Crippen molar-refractivity contribution in [3.63, 3.8) is 0 Å². The molecular formula is C36H57NO3Si. The Bertz CT molecular complexity index is 969. The summed E-state index contributed by atoms with van der Waals surface area (Å²) in [6.07, 6.45) is 18.2. The third kappa shape index (κ3) is 11.2. The molecule has 3 N–H and O–H groups in total. The van der Waals surface area contributed by atoms with E-state index in [1.54, 1.807) is 0 Å². The summed E-state index contributed by atoms with van der Waals surface area (Å²) in [4.78, 5) is 24.7. The van der Waals surface area contributed by atoms with Gasteiger partial charge in [0.15, 0.2) is 0 Å². The van der Waals surface area contributed by atoms with Crippen molar-refractivity contribution in [3.05, 3.63) is 72.8 Å². The summed E-state index contributed by atoms with van der Waals surface area (Å²) in [5.41, 5.74) is 0. The van der Waals surface area contributed by atoms with Gasteiger partial charge in [-0.25, -0.2) is 0 Å². The first kappa shape index (κ1) is 35.0. The zero-order valence-electron chi connectivity index (χ0n) is 26.4. The first-order valence-corrected chi connectivity index (χ1v) is 18.0. The van der Waals surface area contributed by atoms with E-state index in [-0.39, 0.29) is 18.4 Å². The van der Waals surface area contributed by atoms with Gasteiger partial charge in [0.05, 0.1) is 12.6 Å². The number of hydrogen-bond acceptors (Lipinski definition) is 3. The molecule has 5 heteroatoms. The zero-order chi connectivity index (χ0) is 30.1. The van der Waals surface area contributed by atoms with E-state index in [1.165, 1.54) is 64.7 Å². The quantitative estimate of drug-likeness (QED) is 0.0887. The Morgan fingerprint density at radius 3 is 1.80 bits per heavy atom. The average molecular weight is 580 g/mol. The molecule has 0 aliphatic heterocycles. The predicted molar refractivity (Wildman–Crippen MR) is 177 cm³/mol. The molecule has 0 bridgehead atoms. The smallest absolute Gasteiger partial charge is 0.258 e. The maximum absolute atomic E-state index is 12.7. The lowest BCUT2D eigenvalue weighted by molar-refractivity contribution is -0.120. The van der Waals surface area contributed by atoms with Crippen molar-refractivity contribution in [1.82, 2.24) is 5.32 Å². The highest BCUT2D eigenvalue weighted by Gasteiger charge is 2.51. The van der Waals surface area contributed by atoms with Gasteiger partial charge in [0.25, 0.3) is 8.32 Å². The van der Waals surface area contributed by atoms with Crippen molar-refractivity contribution in [3.8, 4) is 0 Å². The summed E-state index contributed by atoms with van der Waals surface area (Å²) >= 11 is 0. The van der Waals surface area contributed by atoms with Gasteiger partial charge in [-0.1, -0.05) is 158 Å². The molecular weight excluding hydrogens is 522 g/mol. The summed E-state index contributed by atoms with van der Waals surface area (Å²) in [5.74, 6) is 0.152. The predicted octanol–water partition coefficient (Wildman–Crippen LogP) is 7.14. The molecule has 0 spiro atoms. The number of aliphatic hydroxyl groups excluding tert-OH is 1. The van der Waals surface area contributed by atoms with E-state index in [1.807, 2.05) is 60.7 Å². The number of rotatable bonds is 20. The van der Waals surface area contributed by atoms with E-state index < -0.39 is 19.4 Å². The highest BCUT2D eigenvalue weighted by molar-refractivity contribution is 6.98. The van der Waals surface area contributed by atoms with Gasteiger partial charge in [-0.2, -0.15) is 0 Å². The maximum Gasteiger partial charge on any atom is 0.258 e. The zero-order valence-corrected chi connectivity index (χ0v) is 27.4. The van der Waals surface area contributed by atoms with Gasteiger partial charge in [-0.15, -0.1) is 0 Å². The van der Waals surface area contributed by atoms with E-state index in [4.69, 9.17) is 0 Å². The number of aliphatic hydroxyl groups is 1. The van der Waals surface area contributed by atoms with Crippen LogP contribution in [0, 0.1) is 11.8 Å². The second-order valence-corrected chi connectivity index (χ2v) is 16.6. The Morgan fingerprint density at radius 1 is 0.854 bits per heavy atom. The molecule has 0 saturated carbocycles. The van der Waals surface area contributed by atoms with Crippen LogP contribution in [0.4, 0.5) is 0 Å². The van der Waals surface area contributed by atoms with Crippen molar-refractivity contribution < 1.29 is 14.7 Å². The van der Waals surface area contributed by atoms with E-state index >= 15 is 0 Å². The standard InChI is InChI=1S/C36H57NO3Si/c1-6-7-8-9-10-11-12-13-16-21-30(2)26-27-32(35(29-38)37-31(3)39)28-36(4,5)41(40,33-22-17-14-18-23-33)34-24-19-15-20-25-34/h14-15,17-20,22-27,30,32,35,38,40H,6-13,16,21,28-29H2,1-5H3,(H,37,39)/b27-26+/t30?,32-,35-/m0/s1. The first-order chi connectivity index (χ1) is 19.7. The van der Waals surface area contributed by atoms with Gasteiger partial charge in [0.1, 0.15) is 0 Å². The Labute approximate surface area is 251 Å². The number of amides is 1. The van der Waals surface area contributed by atoms with E-state index in [2.05, 4.69) is 45.2 Å². The SMILES string of the molecule is CCCCCCCCCCCC(C)/C=C/[C@@H](CC(C)(C)[Si](O)(c1ccccc1)c1ccccc1)[C@H](CO)NC(C)=O. The molecule has 0 fully saturated rings. The number of benzene rings is 2. The molecule has 2 aromatic carbocycles. The molecule has 41 heavy (non-hydrogen) atoms. The molecule has 0 heterocycles. The van der Waals surface area contributed by atoms with Gasteiger partial charge in [0.2, 0.25) is 5.91 Å². The largest absolute Gasteiger partial charge is 0.424 e. The molecule has 2 aromatic rings. The lowest BCUT2D eigenvalue weighted by atomic mass is 9.88. The lowest BCUT2D eigenvalue weighted by Gasteiger charge is -2.43. The van der Waals surface area contributed by atoms with Gasteiger partial charge in [-0.05, 0) is 40.1 Å². The van der Waals surface area contributed by atoms with Crippen LogP contribution in [0.3, 0.4) is 0 Å². The summed E-state index contributed by atoms with van der Waals surface area (Å²) in [6, 6.07) is 19.7. The Balaban J connectivity index is 2.17. The topological polar surface area (TPSA) is 69.6 Å². The van der Waals surface area contributed by atoms with Gasteiger partial charge in [0, 0.05) is 6.92 Å². The van der Waals surface area contributed by atoms with Crippen LogP contribution in [0.5, 0.6) is 0 Å². The van der Waals surface area contributed by atoms with Gasteiger partial charge < -0.3 is 15.2 Å². The monoisotopic (exact) mass is 579 g/mol. The summed E-state index contributed by atoms with van der Waals surface area (Å²) in [7, 11) is -3.22. The van der Waals surface area contributed by atoms with Crippen molar-refractivity contribution in [1.29, 1.82) is 0 Å². The molecule has 1 amide bonds. The minimum Gasteiger partial charge on any atom is -0.424 e. The van der Waals surface area contributed by atoms with Crippen LogP contribution >= 0.6 is 0 Å². The first-order valence-electron chi connectivity index (χ1n) is 16.1. The summed E-state index contributed by atoms with van der Waals surface area (Å²) in [5, 5.41) is 14.8. The molecule has 3 atom stereocenters. The average Bonchev–Trinajstić information content (AvgIpc) is 2.97. The fourth-order valence-corrected chi connectivity index (χ4v) is 9.92. The second kappa shape index (κ2) is 18.4. The van der Waals surface area contributed by atoms with Gasteiger partial charge in [-0.3, -0.25) is 4.79 Å². The summed E-state index contributed by atoms with van der Waals surface area (Å²) in [6.45, 7) is 10.2. The van der Waals surface area contributed by atoms with Crippen LogP contribution in [-0.4, -0.2) is 36.8 Å². The number of hydrogen-bond donors (Lipinski definition) is 3. The molecule has 2 rings (SSSR count). The molecule has 0 saturated heterocycles. The van der Waals surface area contributed by atoms with Crippen molar-refractivity contribution >= 4 is 24.6 Å². The number of unbranched alkanes of at least 4 members (excludes halogenated alkanes) is 8. The van der Waals surface area contributed by atoms with Crippen molar-refractivity contribution in [2.24, 2.45) is 11.8 Å². The van der Waals surface area contributed by atoms with Gasteiger partial charge >= 0.3 is 0 Å². The summed E-state index contributed by atoms with van der Waals surface area (Å²) < 4.78 is 0. The van der Waals surface area contributed by atoms with Crippen LogP contribution in [-0.2, 0) is 4.79 Å². The number of carbonyl (C=O) groups is 1. The number of nitrogens with one attached hydrogen (secondary N) is 1. The van der Waals surface area contributed by atoms with E-state index in [9.17, 15) is 14.7 Å². The van der Waals surface area contributed by atoms with Crippen LogP contribution in [0.25, 0.3) is 0 Å². The molecule has 0 radical (unpaired) electrons. The Kier molecular flexibility index (Phi) is 15.7. The molecule has 0 aromatic heterocycles. The number of carbonyl (C=O) groups excluding carboxylic acids is 1. The van der Waals surface area contributed by atoms with Crippen LogP contribution < -0.4 is 15.7 Å². The highest BCUT2D eigenvalue weighted by atomic mass is 28.4. The minimum absolute atomic E-state index is 0.115. The van der Waals surface area contributed by atoms with Crippen molar-refractivity contribution in [2.45, 2.75) is 116 Å². The number of allylic oxidation sites excluding steroid dienone is 1. The van der Waals surface area contributed by atoms with Crippen LogP contribution in [0.1, 0.15) is 105 Å². The third-order valence-electron chi connectivity index (χ3n) is 8.66. The fraction of sp³-hybridized carbons (Fsp3) is 0.583. The molecule has 1 unspecified atom stereocenters. The molecule has 0 aliphatic carbocycles. The van der Waals surface area contributed by atoms with Crippen LogP contribution in [0.15, 0.2) is 72.8 Å². The normalized spacial score (nSPS) is 14.6. The highest BCUT2D eigenvalue weighted by Crippen LogP contribution is 2.42. The molecule has 228 valence electrons.